The van der Waals surface area contributed by atoms with Gasteiger partial charge in [0.05, 0.1) is 11.1 Å². The van der Waals surface area contributed by atoms with Crippen molar-refractivity contribution in [3.8, 4) is 22.3 Å². The number of hydrogen-bond donors (Lipinski definition) is 0. The third-order valence-corrected chi connectivity index (χ3v) is 10.0. The Kier molecular flexibility index (Phi) is 6.53. The summed E-state index contributed by atoms with van der Waals surface area (Å²) in [6.07, 6.45) is 0. The zero-order chi connectivity index (χ0) is 33.0. The number of furan rings is 1. The molecule has 1 heterocycles. The van der Waals surface area contributed by atoms with E-state index in [0.29, 0.717) is 0 Å². The molecule has 2 heteroatoms. The third-order valence-electron chi connectivity index (χ3n) is 10.0. The number of anilines is 3. The van der Waals surface area contributed by atoms with Gasteiger partial charge < -0.3 is 9.32 Å². The van der Waals surface area contributed by atoms with Crippen LogP contribution in [0.5, 0.6) is 0 Å². The number of fused-ring (bicyclic) bond motifs is 7. The van der Waals surface area contributed by atoms with Gasteiger partial charge in [-0.25, -0.2) is 0 Å². The molecule has 0 aliphatic carbocycles. The van der Waals surface area contributed by atoms with Gasteiger partial charge in [-0.3, -0.25) is 0 Å². The van der Waals surface area contributed by atoms with Gasteiger partial charge >= 0.3 is 0 Å². The molecule has 0 radical (unpaired) electrons. The quantitative estimate of drug-likeness (QED) is 0.175. The molecule has 0 unspecified atom stereocenters. The molecule has 234 valence electrons. The zero-order valence-corrected chi connectivity index (χ0v) is 27.3. The van der Waals surface area contributed by atoms with Gasteiger partial charge in [-0.1, -0.05) is 140 Å². The maximum atomic E-state index is 6.41. The molecule has 0 bridgehead atoms. The van der Waals surface area contributed by atoms with Crippen molar-refractivity contribution < 1.29 is 4.42 Å². The van der Waals surface area contributed by atoms with E-state index in [-0.39, 0.29) is 0 Å². The molecule has 0 aliphatic rings. The second kappa shape index (κ2) is 11.5. The minimum atomic E-state index is 0.871. The highest BCUT2D eigenvalue weighted by atomic mass is 16.3. The van der Waals surface area contributed by atoms with E-state index in [9.17, 15) is 0 Å². The van der Waals surface area contributed by atoms with Crippen LogP contribution >= 0.6 is 0 Å². The van der Waals surface area contributed by atoms with Gasteiger partial charge in [-0.05, 0) is 103 Å². The number of nitrogens with zero attached hydrogens (tertiary/aromatic N) is 1. The summed E-state index contributed by atoms with van der Waals surface area (Å²) >= 11 is 0. The van der Waals surface area contributed by atoms with Gasteiger partial charge in [-0.15, -0.1) is 0 Å². The lowest BCUT2D eigenvalue weighted by molar-refractivity contribution is 0.669. The van der Waals surface area contributed by atoms with Crippen LogP contribution in [0.2, 0.25) is 0 Å². The SMILES string of the molecule is c1cc(-c2cccc3ccccc23)cc(N(c2cccc(-c3cc4ccccc4c4ccccc34)c2)c2cccc3oc4ccccc4c23)c1. The Morgan fingerprint density at radius 1 is 0.340 bits per heavy atom. The molecule has 50 heavy (non-hydrogen) atoms. The van der Waals surface area contributed by atoms with E-state index in [0.717, 1.165) is 39.0 Å². The average molecular weight is 638 g/mol. The summed E-state index contributed by atoms with van der Waals surface area (Å²) in [5, 5.41) is 9.69. The van der Waals surface area contributed by atoms with Crippen molar-refractivity contribution in [2.24, 2.45) is 0 Å². The number of para-hydroxylation sites is 1. The Labute approximate surface area is 290 Å². The van der Waals surface area contributed by atoms with Crippen molar-refractivity contribution in [1.82, 2.24) is 0 Å². The maximum Gasteiger partial charge on any atom is 0.137 e. The minimum Gasteiger partial charge on any atom is -0.456 e. The second-order valence-corrected chi connectivity index (χ2v) is 12.9. The van der Waals surface area contributed by atoms with Gasteiger partial charge in [0, 0.05) is 16.8 Å². The molecule has 0 amide bonds. The monoisotopic (exact) mass is 637 g/mol. The first kappa shape index (κ1) is 28.4. The second-order valence-electron chi connectivity index (χ2n) is 12.9. The van der Waals surface area contributed by atoms with Crippen LogP contribution in [0.15, 0.2) is 192 Å². The van der Waals surface area contributed by atoms with Gasteiger partial charge in [-0.2, -0.15) is 0 Å². The fourth-order valence-corrected chi connectivity index (χ4v) is 7.76. The molecule has 2 nitrogen and oxygen atoms in total. The minimum absolute atomic E-state index is 0.871. The molecule has 0 saturated carbocycles. The van der Waals surface area contributed by atoms with Crippen molar-refractivity contribution >= 4 is 71.3 Å². The van der Waals surface area contributed by atoms with Crippen LogP contribution in [0.25, 0.3) is 76.5 Å². The first-order chi connectivity index (χ1) is 24.8. The molecule has 1 aromatic heterocycles. The lowest BCUT2D eigenvalue weighted by Gasteiger charge is -2.27. The van der Waals surface area contributed by atoms with Crippen LogP contribution in [0.4, 0.5) is 17.1 Å². The molecule has 0 spiro atoms. The summed E-state index contributed by atoms with van der Waals surface area (Å²) in [6, 6.07) is 67.6. The normalized spacial score (nSPS) is 11.6. The fourth-order valence-electron chi connectivity index (χ4n) is 7.76. The molecular formula is C48H31NO. The van der Waals surface area contributed by atoms with Crippen molar-refractivity contribution in [1.29, 1.82) is 0 Å². The highest BCUT2D eigenvalue weighted by molar-refractivity contribution is 6.15. The Morgan fingerprint density at radius 3 is 1.70 bits per heavy atom. The van der Waals surface area contributed by atoms with Gasteiger partial charge in [0.15, 0.2) is 0 Å². The smallest absolute Gasteiger partial charge is 0.137 e. The van der Waals surface area contributed by atoms with E-state index < -0.39 is 0 Å². The topological polar surface area (TPSA) is 16.4 Å². The summed E-state index contributed by atoms with van der Waals surface area (Å²) in [7, 11) is 0. The molecule has 9 aromatic carbocycles. The average Bonchev–Trinajstić information content (AvgIpc) is 3.57. The van der Waals surface area contributed by atoms with Crippen LogP contribution in [0, 0.1) is 0 Å². The zero-order valence-electron chi connectivity index (χ0n) is 27.3. The summed E-state index contributed by atoms with van der Waals surface area (Å²) < 4.78 is 6.41. The molecule has 10 rings (SSSR count). The fraction of sp³-hybridized carbons (Fsp3) is 0. The number of hydrogen-bond acceptors (Lipinski definition) is 2. The summed E-state index contributed by atoms with van der Waals surface area (Å²) in [6.45, 7) is 0. The first-order valence-electron chi connectivity index (χ1n) is 17.1. The van der Waals surface area contributed by atoms with E-state index in [1.807, 2.05) is 6.07 Å². The molecule has 0 fully saturated rings. The maximum absolute atomic E-state index is 6.41. The number of benzene rings is 9. The standard InChI is InChI=1S/C48H31NO/c1-3-20-38-32(13-1)15-11-25-39(38)33-16-9-18-36(29-33)49(45-26-12-28-47-48(45)43-24-7-8-27-46(43)50-47)37-19-10-17-34(30-37)44-31-35-14-2-4-21-40(35)41-22-5-6-23-42(41)44/h1-31H. The predicted molar refractivity (Wildman–Crippen MR) is 212 cm³/mol. The van der Waals surface area contributed by atoms with Gasteiger partial charge in [0.25, 0.3) is 0 Å². The Morgan fingerprint density at radius 2 is 0.900 bits per heavy atom. The molecule has 10 aromatic rings. The van der Waals surface area contributed by atoms with E-state index >= 15 is 0 Å². The Balaban J connectivity index is 1.23. The van der Waals surface area contributed by atoms with Gasteiger partial charge in [0.2, 0.25) is 0 Å². The third kappa shape index (κ3) is 4.57. The number of rotatable bonds is 5. The van der Waals surface area contributed by atoms with Crippen LogP contribution in [0.3, 0.4) is 0 Å². The van der Waals surface area contributed by atoms with Crippen LogP contribution in [0.1, 0.15) is 0 Å². The highest BCUT2D eigenvalue weighted by Gasteiger charge is 2.21. The summed E-state index contributed by atoms with van der Waals surface area (Å²) in [5.74, 6) is 0. The Hall–Kier alpha value is -6.64. The summed E-state index contributed by atoms with van der Waals surface area (Å²) in [5.41, 5.74) is 9.76. The molecular weight excluding hydrogens is 607 g/mol. The van der Waals surface area contributed by atoms with Crippen LogP contribution < -0.4 is 4.90 Å². The van der Waals surface area contributed by atoms with E-state index in [2.05, 4.69) is 187 Å². The van der Waals surface area contributed by atoms with Crippen LogP contribution in [-0.4, -0.2) is 0 Å². The van der Waals surface area contributed by atoms with Crippen molar-refractivity contribution in [3.63, 3.8) is 0 Å². The van der Waals surface area contributed by atoms with Crippen LogP contribution in [-0.2, 0) is 0 Å². The van der Waals surface area contributed by atoms with Crippen molar-refractivity contribution in [2.45, 2.75) is 0 Å². The molecule has 0 saturated heterocycles. The molecule has 0 N–H and O–H groups in total. The first-order valence-corrected chi connectivity index (χ1v) is 17.1. The van der Waals surface area contributed by atoms with Crippen molar-refractivity contribution in [2.75, 3.05) is 4.90 Å². The lowest BCUT2D eigenvalue weighted by Crippen LogP contribution is -2.10. The van der Waals surface area contributed by atoms with Gasteiger partial charge in [0.1, 0.15) is 11.2 Å². The van der Waals surface area contributed by atoms with E-state index in [1.165, 1.54) is 54.6 Å². The molecule has 0 aliphatic heterocycles. The summed E-state index contributed by atoms with van der Waals surface area (Å²) in [4.78, 5) is 2.39. The molecule has 0 atom stereocenters. The Bertz CT molecular complexity index is 2890. The predicted octanol–water partition coefficient (Wildman–Crippen LogP) is 13.8. The largest absolute Gasteiger partial charge is 0.456 e. The highest BCUT2D eigenvalue weighted by Crippen LogP contribution is 2.45. The van der Waals surface area contributed by atoms with E-state index in [1.54, 1.807) is 0 Å². The lowest BCUT2D eigenvalue weighted by atomic mass is 9.93. The van der Waals surface area contributed by atoms with E-state index in [4.69, 9.17) is 4.42 Å². The van der Waals surface area contributed by atoms with Crippen molar-refractivity contribution in [3.05, 3.63) is 188 Å².